The van der Waals surface area contributed by atoms with Crippen LogP contribution in [-0.2, 0) is 4.79 Å². The quantitative estimate of drug-likeness (QED) is 0.870. The number of amides is 1. The van der Waals surface area contributed by atoms with Crippen LogP contribution in [0.15, 0.2) is 24.3 Å². The van der Waals surface area contributed by atoms with Crippen LogP contribution < -0.4 is 10.2 Å². The van der Waals surface area contributed by atoms with Crippen LogP contribution in [-0.4, -0.2) is 50.1 Å². The number of hydrogen-bond acceptors (Lipinski definition) is 3. The predicted octanol–water partition coefficient (Wildman–Crippen LogP) is 2.03. The van der Waals surface area contributed by atoms with E-state index in [1.54, 1.807) is 0 Å². The maximum atomic E-state index is 12.6. The molecule has 0 spiro atoms. The lowest BCUT2D eigenvalue weighted by Gasteiger charge is -2.27. The smallest absolute Gasteiger partial charge is 0.241 e. The van der Waals surface area contributed by atoms with E-state index in [-0.39, 0.29) is 5.91 Å². The number of nitrogens with zero attached hydrogens (tertiary/aromatic N) is 2. The molecule has 1 heterocycles. The second kappa shape index (κ2) is 7.57. The fourth-order valence-electron chi connectivity index (χ4n) is 3.02. The molecule has 0 radical (unpaired) electrons. The maximum absolute atomic E-state index is 12.6. The van der Waals surface area contributed by atoms with E-state index in [2.05, 4.69) is 23.2 Å². The van der Waals surface area contributed by atoms with Crippen molar-refractivity contribution in [1.82, 2.24) is 10.2 Å². The van der Waals surface area contributed by atoms with Crippen molar-refractivity contribution in [3.05, 3.63) is 29.8 Å². The summed E-state index contributed by atoms with van der Waals surface area (Å²) in [7, 11) is 2.03. The largest absolute Gasteiger partial charge is 0.313 e. The van der Waals surface area contributed by atoms with Crippen molar-refractivity contribution in [2.75, 3.05) is 38.1 Å². The van der Waals surface area contributed by atoms with Crippen molar-refractivity contribution >= 4 is 11.6 Å². The summed E-state index contributed by atoms with van der Waals surface area (Å²) in [6.45, 7) is 7.31. The summed E-state index contributed by atoms with van der Waals surface area (Å²) in [6.07, 6.45) is 2.46. The van der Waals surface area contributed by atoms with Crippen LogP contribution in [0.1, 0.15) is 25.3 Å². The molecule has 0 bridgehead atoms. The number of anilines is 1. The van der Waals surface area contributed by atoms with E-state index >= 15 is 0 Å². The molecule has 1 N–H and O–H groups in total. The average Bonchev–Trinajstić information content (AvgIpc) is 2.94. The summed E-state index contributed by atoms with van der Waals surface area (Å²) in [5.74, 6) is 0.173. The van der Waals surface area contributed by atoms with Gasteiger partial charge in [-0.2, -0.15) is 0 Å². The lowest BCUT2D eigenvalue weighted by molar-refractivity contribution is -0.119. The number of benzene rings is 1. The van der Waals surface area contributed by atoms with Crippen LogP contribution in [0.3, 0.4) is 0 Å². The summed E-state index contributed by atoms with van der Waals surface area (Å²) in [4.78, 5) is 16.6. The molecule has 4 nitrogen and oxygen atoms in total. The first-order valence-corrected chi connectivity index (χ1v) is 7.89. The molecule has 1 aromatic carbocycles. The van der Waals surface area contributed by atoms with Crippen molar-refractivity contribution in [2.24, 2.45) is 0 Å². The number of hydrogen-bond donors (Lipinski definition) is 1. The van der Waals surface area contributed by atoms with Gasteiger partial charge in [-0.05, 0) is 51.9 Å². The second-order valence-corrected chi connectivity index (χ2v) is 5.91. The first kappa shape index (κ1) is 16.0. The molecule has 1 amide bonds. The molecule has 1 aromatic rings. The van der Waals surface area contributed by atoms with Gasteiger partial charge in [-0.15, -0.1) is 0 Å². The molecule has 1 saturated heterocycles. The molecule has 116 valence electrons. The minimum Gasteiger partial charge on any atom is -0.313 e. The minimum atomic E-state index is 0.173. The van der Waals surface area contributed by atoms with Crippen molar-refractivity contribution < 1.29 is 4.79 Å². The maximum Gasteiger partial charge on any atom is 0.241 e. The zero-order valence-corrected chi connectivity index (χ0v) is 13.4. The van der Waals surface area contributed by atoms with Crippen LogP contribution in [0.4, 0.5) is 5.69 Å². The molecule has 0 saturated carbocycles. The van der Waals surface area contributed by atoms with Crippen LogP contribution in [0, 0.1) is 6.92 Å². The molecular formula is C17H27N3O. The zero-order valence-electron chi connectivity index (χ0n) is 13.4. The molecule has 1 aliphatic rings. The monoisotopic (exact) mass is 289 g/mol. The lowest BCUT2D eigenvalue weighted by Crippen LogP contribution is -2.43. The molecule has 1 fully saturated rings. The van der Waals surface area contributed by atoms with Gasteiger partial charge in [-0.25, -0.2) is 0 Å². The van der Waals surface area contributed by atoms with Crippen molar-refractivity contribution in [3.8, 4) is 0 Å². The Morgan fingerprint density at radius 3 is 2.76 bits per heavy atom. The van der Waals surface area contributed by atoms with Crippen LogP contribution in [0.25, 0.3) is 0 Å². The third kappa shape index (κ3) is 4.29. The van der Waals surface area contributed by atoms with E-state index in [4.69, 9.17) is 0 Å². The Labute approximate surface area is 128 Å². The van der Waals surface area contributed by atoms with Gasteiger partial charge in [0.05, 0.1) is 6.54 Å². The highest BCUT2D eigenvalue weighted by molar-refractivity contribution is 5.95. The fraction of sp³-hybridized carbons (Fsp3) is 0.588. The standard InChI is InChI=1S/C17H27N3O/c1-4-20(16-10-6-5-8-14(16)2)17(21)13-19(3)12-15-9-7-11-18-15/h5-6,8,10,15,18H,4,7,9,11-13H2,1-3H3. The van der Waals surface area contributed by atoms with E-state index in [1.807, 2.05) is 37.1 Å². The molecule has 0 aromatic heterocycles. The van der Waals surface area contributed by atoms with Crippen LogP contribution in [0.2, 0.25) is 0 Å². The number of nitrogens with one attached hydrogen (secondary N) is 1. The SMILES string of the molecule is CCN(C(=O)CN(C)CC1CCCN1)c1ccccc1C. The van der Waals surface area contributed by atoms with Crippen molar-refractivity contribution in [2.45, 2.75) is 32.7 Å². The Morgan fingerprint density at radius 2 is 2.14 bits per heavy atom. The molecule has 1 aliphatic heterocycles. The number of carbonyl (C=O) groups is 1. The van der Waals surface area contributed by atoms with Gasteiger partial charge >= 0.3 is 0 Å². The van der Waals surface area contributed by atoms with Crippen molar-refractivity contribution in [1.29, 1.82) is 0 Å². The number of likely N-dealkylation sites (N-methyl/N-ethyl adjacent to an activating group) is 2. The van der Waals surface area contributed by atoms with Gasteiger partial charge in [-0.3, -0.25) is 9.69 Å². The summed E-state index contributed by atoms with van der Waals surface area (Å²) in [6, 6.07) is 8.61. The van der Waals surface area contributed by atoms with E-state index in [0.29, 0.717) is 19.1 Å². The van der Waals surface area contributed by atoms with Gasteiger partial charge < -0.3 is 10.2 Å². The Morgan fingerprint density at radius 1 is 1.38 bits per heavy atom. The molecule has 0 aliphatic carbocycles. The van der Waals surface area contributed by atoms with Gasteiger partial charge in [0.25, 0.3) is 0 Å². The summed E-state index contributed by atoms with van der Waals surface area (Å²) >= 11 is 0. The molecule has 1 atom stereocenters. The van der Waals surface area contributed by atoms with Crippen LogP contribution in [0.5, 0.6) is 0 Å². The van der Waals surface area contributed by atoms with Gasteiger partial charge in [0.2, 0.25) is 5.91 Å². The molecular weight excluding hydrogens is 262 g/mol. The highest BCUT2D eigenvalue weighted by Crippen LogP contribution is 2.19. The van der Waals surface area contributed by atoms with E-state index in [0.717, 1.165) is 24.3 Å². The van der Waals surface area contributed by atoms with Gasteiger partial charge in [-0.1, -0.05) is 18.2 Å². The first-order valence-electron chi connectivity index (χ1n) is 7.89. The summed E-state index contributed by atoms with van der Waals surface area (Å²) in [5.41, 5.74) is 2.17. The highest BCUT2D eigenvalue weighted by Gasteiger charge is 2.20. The third-order valence-corrected chi connectivity index (χ3v) is 4.12. The van der Waals surface area contributed by atoms with Crippen molar-refractivity contribution in [3.63, 3.8) is 0 Å². The number of para-hydroxylation sites is 1. The Balaban J connectivity index is 1.95. The number of carbonyl (C=O) groups excluding carboxylic acids is 1. The average molecular weight is 289 g/mol. The summed E-state index contributed by atoms with van der Waals surface area (Å²) < 4.78 is 0. The Hall–Kier alpha value is -1.39. The molecule has 4 heteroatoms. The zero-order chi connectivity index (χ0) is 15.2. The molecule has 21 heavy (non-hydrogen) atoms. The Kier molecular flexibility index (Phi) is 5.76. The van der Waals surface area contributed by atoms with Crippen LogP contribution >= 0.6 is 0 Å². The van der Waals surface area contributed by atoms with Gasteiger partial charge in [0, 0.05) is 24.8 Å². The first-order chi connectivity index (χ1) is 10.1. The minimum absolute atomic E-state index is 0.173. The normalized spacial score (nSPS) is 18.2. The van der Waals surface area contributed by atoms with E-state index in [9.17, 15) is 4.79 Å². The summed E-state index contributed by atoms with van der Waals surface area (Å²) in [5, 5.41) is 3.48. The topological polar surface area (TPSA) is 35.6 Å². The third-order valence-electron chi connectivity index (χ3n) is 4.12. The number of rotatable bonds is 6. The lowest BCUT2D eigenvalue weighted by atomic mass is 10.1. The van der Waals surface area contributed by atoms with Gasteiger partial charge in [0.1, 0.15) is 0 Å². The highest BCUT2D eigenvalue weighted by atomic mass is 16.2. The van der Waals surface area contributed by atoms with E-state index < -0.39 is 0 Å². The number of aryl methyl sites for hydroxylation is 1. The van der Waals surface area contributed by atoms with E-state index in [1.165, 1.54) is 12.8 Å². The predicted molar refractivity (Wildman–Crippen MR) is 87.7 cm³/mol. The molecule has 1 unspecified atom stereocenters. The molecule has 2 rings (SSSR count). The Bertz CT molecular complexity index is 469. The van der Waals surface area contributed by atoms with Gasteiger partial charge in [0.15, 0.2) is 0 Å². The second-order valence-electron chi connectivity index (χ2n) is 5.91. The fourth-order valence-corrected chi connectivity index (χ4v) is 3.02.